The van der Waals surface area contributed by atoms with E-state index in [1.807, 2.05) is 30.3 Å². The second-order valence-corrected chi connectivity index (χ2v) is 4.04. The van der Waals surface area contributed by atoms with Crippen LogP contribution in [-0.2, 0) is 16.1 Å². The first-order valence-electron chi connectivity index (χ1n) is 5.78. The highest BCUT2D eigenvalue weighted by Gasteiger charge is 2.35. The molecule has 1 aromatic carbocycles. The Morgan fingerprint density at radius 3 is 2.89 bits per heavy atom. The molecule has 0 N–H and O–H groups in total. The van der Waals surface area contributed by atoms with E-state index in [1.165, 1.54) is 0 Å². The Bertz CT molecular complexity index is 525. The van der Waals surface area contributed by atoms with Crippen LogP contribution in [0.1, 0.15) is 12.0 Å². The summed E-state index contributed by atoms with van der Waals surface area (Å²) in [7, 11) is 0. The molecule has 7 nitrogen and oxygen atoms in total. The average Bonchev–Trinajstić information content (AvgIpc) is 2.79. The summed E-state index contributed by atoms with van der Waals surface area (Å²) in [6, 6.07) is 8.38. The second-order valence-electron chi connectivity index (χ2n) is 4.04. The van der Waals surface area contributed by atoms with Crippen LogP contribution < -0.4 is 0 Å². The van der Waals surface area contributed by atoms with Gasteiger partial charge in [0.25, 0.3) is 0 Å². The quantitative estimate of drug-likeness (QED) is 0.473. The number of hydrogen-bond acceptors (Lipinski definition) is 4. The third kappa shape index (κ3) is 3.02. The summed E-state index contributed by atoms with van der Waals surface area (Å²) in [6.07, 6.45) is -0.368. The Balaban J connectivity index is 1.91. The van der Waals surface area contributed by atoms with Crippen molar-refractivity contribution in [2.45, 2.75) is 19.1 Å². The monoisotopic (exact) mass is 260 g/mol. The molecule has 0 spiro atoms. The molecule has 1 atom stereocenters. The zero-order chi connectivity index (χ0) is 13.7. The maximum atomic E-state index is 11.7. The normalized spacial score (nSPS) is 18.0. The number of rotatable bonds is 3. The summed E-state index contributed by atoms with van der Waals surface area (Å²) >= 11 is 0. The molecule has 1 heterocycles. The Labute approximate surface area is 109 Å². The Morgan fingerprint density at radius 2 is 2.21 bits per heavy atom. The highest BCUT2D eigenvalue weighted by atomic mass is 16.6. The van der Waals surface area contributed by atoms with E-state index >= 15 is 0 Å². The van der Waals surface area contributed by atoms with Crippen molar-refractivity contribution in [1.82, 2.24) is 4.90 Å². The van der Waals surface area contributed by atoms with Gasteiger partial charge in [-0.1, -0.05) is 35.4 Å². The van der Waals surface area contributed by atoms with Gasteiger partial charge in [0.05, 0.1) is 0 Å². The first-order chi connectivity index (χ1) is 9.22. The van der Waals surface area contributed by atoms with Crippen LogP contribution in [0, 0.1) is 0 Å². The minimum absolute atomic E-state index is 0.107. The second kappa shape index (κ2) is 5.88. The summed E-state index contributed by atoms with van der Waals surface area (Å²) in [6.45, 7) is 0.325. The van der Waals surface area contributed by atoms with Crippen molar-refractivity contribution in [3.8, 4) is 0 Å². The lowest BCUT2D eigenvalue weighted by molar-refractivity contribution is -0.127. The van der Waals surface area contributed by atoms with Crippen molar-refractivity contribution in [1.29, 1.82) is 0 Å². The number of ether oxygens (including phenoxy) is 1. The predicted octanol–water partition coefficient (Wildman–Crippen LogP) is 2.23. The molecule has 1 aromatic rings. The average molecular weight is 260 g/mol. The number of imide groups is 1. The zero-order valence-electron chi connectivity index (χ0n) is 10.1. The van der Waals surface area contributed by atoms with E-state index in [-0.39, 0.29) is 13.2 Å². The number of carbonyl (C=O) groups is 2. The number of amides is 2. The third-order valence-corrected chi connectivity index (χ3v) is 2.79. The lowest BCUT2D eigenvalue weighted by Gasteiger charge is -2.14. The molecule has 1 aliphatic heterocycles. The van der Waals surface area contributed by atoms with Gasteiger partial charge in [0.15, 0.2) is 0 Å². The van der Waals surface area contributed by atoms with Crippen LogP contribution in [0.3, 0.4) is 0 Å². The smallest absolute Gasteiger partial charge is 0.416 e. The van der Waals surface area contributed by atoms with Crippen molar-refractivity contribution in [3.05, 3.63) is 46.3 Å². The molecule has 1 saturated heterocycles. The molecule has 1 aliphatic rings. The van der Waals surface area contributed by atoms with E-state index in [0.717, 1.165) is 10.5 Å². The third-order valence-electron chi connectivity index (χ3n) is 2.79. The van der Waals surface area contributed by atoms with E-state index in [9.17, 15) is 9.59 Å². The van der Waals surface area contributed by atoms with E-state index in [2.05, 4.69) is 10.0 Å². The highest BCUT2D eigenvalue weighted by Crippen LogP contribution is 2.16. The molecule has 0 aliphatic carbocycles. The fourth-order valence-corrected chi connectivity index (χ4v) is 1.81. The lowest BCUT2D eigenvalue weighted by Crippen LogP contribution is -2.35. The first kappa shape index (κ1) is 12.9. The molecular formula is C12H12N4O3. The van der Waals surface area contributed by atoms with Crippen molar-refractivity contribution >= 4 is 12.0 Å². The number of hydrogen-bond donors (Lipinski definition) is 0. The Hall–Kier alpha value is -2.53. The number of nitrogens with zero attached hydrogens (tertiary/aromatic N) is 4. The molecule has 0 radical (unpaired) electrons. The van der Waals surface area contributed by atoms with E-state index < -0.39 is 18.0 Å². The van der Waals surface area contributed by atoms with Gasteiger partial charge in [-0.15, -0.1) is 0 Å². The predicted molar refractivity (Wildman–Crippen MR) is 65.9 cm³/mol. The van der Waals surface area contributed by atoms with Gasteiger partial charge in [-0.25, -0.2) is 9.69 Å². The number of benzene rings is 1. The van der Waals surface area contributed by atoms with Gasteiger partial charge in [-0.05, 0) is 17.5 Å². The van der Waals surface area contributed by atoms with Crippen molar-refractivity contribution < 1.29 is 14.3 Å². The number of carbonyl (C=O) groups excluding carboxylic acids is 2. The summed E-state index contributed by atoms with van der Waals surface area (Å²) in [5.41, 5.74) is 9.13. The molecule has 0 aromatic heterocycles. The lowest BCUT2D eigenvalue weighted by atomic mass is 10.2. The van der Waals surface area contributed by atoms with Crippen LogP contribution in [-0.4, -0.2) is 29.5 Å². The highest BCUT2D eigenvalue weighted by molar-refractivity contribution is 5.96. The standard InChI is InChI=1S/C12H12N4O3/c13-15-14-10-6-7-16(11(10)17)12(18)19-8-9-4-2-1-3-5-9/h1-5,10H,6-8H2. The van der Waals surface area contributed by atoms with Crippen LogP contribution >= 0.6 is 0 Å². The molecule has 2 rings (SSSR count). The Morgan fingerprint density at radius 1 is 1.47 bits per heavy atom. The van der Waals surface area contributed by atoms with E-state index in [1.54, 1.807) is 0 Å². The maximum absolute atomic E-state index is 11.7. The van der Waals surface area contributed by atoms with Gasteiger partial charge in [0, 0.05) is 11.5 Å². The fraction of sp³-hybridized carbons (Fsp3) is 0.333. The summed E-state index contributed by atoms with van der Waals surface area (Å²) in [4.78, 5) is 27.0. The fourth-order valence-electron chi connectivity index (χ4n) is 1.81. The van der Waals surface area contributed by atoms with Gasteiger partial charge in [0.2, 0.25) is 5.91 Å². The minimum Gasteiger partial charge on any atom is -0.444 e. The van der Waals surface area contributed by atoms with Gasteiger partial charge < -0.3 is 4.74 Å². The van der Waals surface area contributed by atoms with Crippen LogP contribution in [0.4, 0.5) is 4.79 Å². The zero-order valence-corrected chi connectivity index (χ0v) is 10.1. The van der Waals surface area contributed by atoms with E-state index in [4.69, 9.17) is 10.3 Å². The summed E-state index contributed by atoms with van der Waals surface area (Å²) < 4.78 is 5.04. The van der Waals surface area contributed by atoms with Crippen LogP contribution in [0.2, 0.25) is 0 Å². The van der Waals surface area contributed by atoms with Crippen molar-refractivity contribution in [3.63, 3.8) is 0 Å². The first-order valence-corrected chi connectivity index (χ1v) is 5.78. The molecule has 7 heteroatoms. The topological polar surface area (TPSA) is 95.4 Å². The van der Waals surface area contributed by atoms with Gasteiger partial charge >= 0.3 is 6.09 Å². The van der Waals surface area contributed by atoms with E-state index in [0.29, 0.717) is 6.42 Å². The van der Waals surface area contributed by atoms with Gasteiger partial charge in [-0.3, -0.25) is 4.79 Å². The molecule has 19 heavy (non-hydrogen) atoms. The van der Waals surface area contributed by atoms with Crippen LogP contribution in [0.15, 0.2) is 35.4 Å². The summed E-state index contributed by atoms with van der Waals surface area (Å²) in [5.74, 6) is -0.504. The summed E-state index contributed by atoms with van der Waals surface area (Å²) in [5, 5.41) is 3.34. The molecule has 1 unspecified atom stereocenters. The van der Waals surface area contributed by atoms with Crippen molar-refractivity contribution in [2.75, 3.05) is 6.54 Å². The molecule has 1 fully saturated rings. The SMILES string of the molecule is [N-]=[N+]=NC1CCN(C(=O)OCc2ccccc2)C1=O. The Kier molecular flexibility index (Phi) is 4.00. The number of azide groups is 1. The van der Waals surface area contributed by atoms with Gasteiger partial charge in [-0.2, -0.15) is 0 Å². The minimum atomic E-state index is -0.797. The molecule has 0 saturated carbocycles. The molecule has 2 amide bonds. The molecular weight excluding hydrogens is 248 g/mol. The largest absolute Gasteiger partial charge is 0.444 e. The molecule has 0 bridgehead atoms. The number of likely N-dealkylation sites (tertiary alicyclic amines) is 1. The van der Waals surface area contributed by atoms with Crippen LogP contribution in [0.5, 0.6) is 0 Å². The van der Waals surface area contributed by atoms with Gasteiger partial charge in [0.1, 0.15) is 12.6 Å². The van der Waals surface area contributed by atoms with Crippen LogP contribution in [0.25, 0.3) is 10.4 Å². The van der Waals surface area contributed by atoms with Crippen molar-refractivity contribution in [2.24, 2.45) is 5.11 Å². The maximum Gasteiger partial charge on any atom is 0.416 e. The molecule has 98 valence electrons.